The maximum absolute atomic E-state index is 12.9. The Bertz CT molecular complexity index is 753. The fourth-order valence-electron chi connectivity index (χ4n) is 4.50. The number of rotatable bonds is 3. The lowest BCUT2D eigenvalue weighted by Gasteiger charge is -2.35. The number of benzene rings is 1. The first kappa shape index (κ1) is 18.3. The molecule has 1 N–H and O–H groups in total. The number of para-hydroxylation sites is 1. The quantitative estimate of drug-likeness (QED) is 0.880. The van der Waals surface area contributed by atoms with Crippen molar-refractivity contribution in [3.05, 3.63) is 29.3 Å². The van der Waals surface area contributed by atoms with Crippen molar-refractivity contribution in [1.82, 2.24) is 15.1 Å². The molecule has 2 saturated heterocycles. The van der Waals surface area contributed by atoms with Crippen LogP contribution in [0.3, 0.4) is 0 Å². The van der Waals surface area contributed by atoms with Gasteiger partial charge in [0.1, 0.15) is 5.75 Å². The maximum atomic E-state index is 12.9. The number of carbonyl (C=O) groups excluding carboxylic acids is 2. The van der Waals surface area contributed by atoms with Gasteiger partial charge in [-0.2, -0.15) is 0 Å². The molecule has 146 valence electrons. The van der Waals surface area contributed by atoms with E-state index in [2.05, 4.69) is 24.1 Å². The second kappa shape index (κ2) is 6.82. The first-order valence-corrected chi connectivity index (χ1v) is 9.93. The Morgan fingerprint density at radius 2 is 1.93 bits per heavy atom. The van der Waals surface area contributed by atoms with Gasteiger partial charge in [-0.05, 0) is 25.3 Å². The molecule has 4 rings (SSSR count). The van der Waals surface area contributed by atoms with E-state index in [1.807, 2.05) is 30.1 Å². The topological polar surface area (TPSA) is 61.9 Å². The van der Waals surface area contributed by atoms with E-state index < -0.39 is 0 Å². The van der Waals surface area contributed by atoms with Crippen LogP contribution in [0.2, 0.25) is 0 Å². The van der Waals surface area contributed by atoms with Crippen LogP contribution in [0.4, 0.5) is 0 Å². The van der Waals surface area contributed by atoms with Crippen LogP contribution >= 0.6 is 0 Å². The zero-order chi connectivity index (χ0) is 19.2. The van der Waals surface area contributed by atoms with Gasteiger partial charge in [-0.25, -0.2) is 0 Å². The number of carbonyl (C=O) groups is 2. The third kappa shape index (κ3) is 3.31. The van der Waals surface area contributed by atoms with Crippen LogP contribution in [-0.4, -0.2) is 67.0 Å². The largest absolute Gasteiger partial charge is 0.492 e. The van der Waals surface area contributed by atoms with Crippen molar-refractivity contribution in [3.8, 4) is 5.75 Å². The van der Waals surface area contributed by atoms with Crippen molar-refractivity contribution in [2.75, 3.05) is 33.3 Å². The molecule has 27 heavy (non-hydrogen) atoms. The van der Waals surface area contributed by atoms with Crippen molar-refractivity contribution in [3.63, 3.8) is 0 Å². The number of hydrogen-bond acceptors (Lipinski definition) is 4. The number of nitrogens with one attached hydrogen (secondary N) is 1. The number of fused-ring (bicyclic) bond motifs is 1. The SMILES string of the molecule is CN1CC[C@@H](N2CCC(NC(=O)c3cccc4c3OCC4(C)C)CC2)C1=O. The third-order valence-corrected chi connectivity index (χ3v) is 6.27. The van der Waals surface area contributed by atoms with E-state index in [0.717, 1.165) is 50.2 Å². The summed E-state index contributed by atoms with van der Waals surface area (Å²) in [7, 11) is 1.87. The van der Waals surface area contributed by atoms with Crippen LogP contribution < -0.4 is 10.1 Å². The summed E-state index contributed by atoms with van der Waals surface area (Å²) in [5.74, 6) is 0.911. The highest BCUT2D eigenvalue weighted by atomic mass is 16.5. The smallest absolute Gasteiger partial charge is 0.255 e. The predicted molar refractivity (Wildman–Crippen MR) is 103 cm³/mol. The molecule has 2 amide bonds. The number of hydrogen-bond donors (Lipinski definition) is 1. The first-order chi connectivity index (χ1) is 12.9. The fourth-order valence-corrected chi connectivity index (χ4v) is 4.50. The number of nitrogens with zero attached hydrogens (tertiary/aromatic N) is 2. The fraction of sp³-hybridized carbons (Fsp3) is 0.619. The zero-order valence-corrected chi connectivity index (χ0v) is 16.5. The number of piperidine rings is 1. The van der Waals surface area contributed by atoms with Gasteiger partial charge in [0, 0.05) is 43.7 Å². The minimum atomic E-state index is -0.0576. The van der Waals surface area contributed by atoms with Crippen LogP contribution in [0.25, 0.3) is 0 Å². The van der Waals surface area contributed by atoms with Crippen molar-refractivity contribution in [2.24, 2.45) is 0 Å². The average molecular weight is 371 g/mol. The number of likely N-dealkylation sites (tertiary alicyclic amines) is 2. The molecule has 2 fully saturated rings. The minimum absolute atomic E-state index is 0.0275. The van der Waals surface area contributed by atoms with E-state index in [0.29, 0.717) is 12.2 Å². The first-order valence-electron chi connectivity index (χ1n) is 9.93. The molecule has 3 aliphatic rings. The van der Waals surface area contributed by atoms with E-state index in [-0.39, 0.29) is 29.3 Å². The van der Waals surface area contributed by atoms with Crippen LogP contribution in [0.15, 0.2) is 18.2 Å². The molecule has 3 aliphatic heterocycles. The average Bonchev–Trinajstić information content (AvgIpc) is 3.15. The summed E-state index contributed by atoms with van der Waals surface area (Å²) in [5.41, 5.74) is 1.68. The second-order valence-corrected chi connectivity index (χ2v) is 8.70. The van der Waals surface area contributed by atoms with Gasteiger partial charge in [-0.15, -0.1) is 0 Å². The molecular formula is C21H29N3O3. The molecule has 0 bridgehead atoms. The number of likely N-dealkylation sites (N-methyl/N-ethyl adjacent to an activating group) is 1. The molecule has 0 saturated carbocycles. The summed E-state index contributed by atoms with van der Waals surface area (Å²) in [6.45, 7) is 7.43. The highest BCUT2D eigenvalue weighted by Gasteiger charge is 2.37. The molecule has 6 nitrogen and oxygen atoms in total. The Hall–Kier alpha value is -2.08. The molecule has 1 aromatic carbocycles. The molecule has 0 radical (unpaired) electrons. The highest BCUT2D eigenvalue weighted by molar-refractivity contribution is 5.98. The Morgan fingerprint density at radius 3 is 2.59 bits per heavy atom. The molecule has 1 aromatic rings. The summed E-state index contributed by atoms with van der Waals surface area (Å²) in [4.78, 5) is 29.2. The summed E-state index contributed by atoms with van der Waals surface area (Å²) in [6.07, 6.45) is 2.66. The van der Waals surface area contributed by atoms with Gasteiger partial charge in [0.05, 0.1) is 18.2 Å². The van der Waals surface area contributed by atoms with E-state index in [1.165, 1.54) is 0 Å². The number of amides is 2. The molecule has 0 aliphatic carbocycles. The predicted octanol–water partition coefficient (Wildman–Crippen LogP) is 1.78. The Kier molecular flexibility index (Phi) is 4.62. The second-order valence-electron chi connectivity index (χ2n) is 8.70. The van der Waals surface area contributed by atoms with E-state index in [9.17, 15) is 9.59 Å². The summed E-state index contributed by atoms with van der Waals surface area (Å²) in [5, 5.41) is 3.18. The molecule has 3 heterocycles. The van der Waals surface area contributed by atoms with Crippen molar-refractivity contribution < 1.29 is 14.3 Å². The van der Waals surface area contributed by atoms with Crippen molar-refractivity contribution >= 4 is 11.8 Å². The molecule has 0 unspecified atom stereocenters. The normalized spacial score (nSPS) is 25.4. The summed E-state index contributed by atoms with van der Waals surface area (Å²) < 4.78 is 5.85. The lowest BCUT2D eigenvalue weighted by molar-refractivity contribution is -0.131. The van der Waals surface area contributed by atoms with Crippen molar-refractivity contribution in [1.29, 1.82) is 0 Å². The monoisotopic (exact) mass is 371 g/mol. The van der Waals surface area contributed by atoms with Gasteiger partial charge in [0.2, 0.25) is 5.91 Å². The molecule has 0 aromatic heterocycles. The van der Waals surface area contributed by atoms with Crippen LogP contribution in [0.1, 0.15) is 49.0 Å². The maximum Gasteiger partial charge on any atom is 0.255 e. The number of ether oxygens (including phenoxy) is 1. The molecule has 1 atom stereocenters. The Balaban J connectivity index is 1.37. The van der Waals surface area contributed by atoms with Gasteiger partial charge >= 0.3 is 0 Å². The zero-order valence-electron chi connectivity index (χ0n) is 16.5. The van der Waals surface area contributed by atoms with Crippen LogP contribution in [-0.2, 0) is 10.2 Å². The van der Waals surface area contributed by atoms with Gasteiger partial charge in [0.25, 0.3) is 5.91 Å². The Morgan fingerprint density at radius 1 is 1.19 bits per heavy atom. The standard InChI is InChI=1S/C21H29N3O3/c1-21(2)13-27-18-15(5-4-6-16(18)21)19(25)22-14-7-11-24(12-8-14)17-9-10-23(3)20(17)26/h4-6,14,17H,7-13H2,1-3H3,(H,22,25)/t17-/m1/s1. The van der Waals surface area contributed by atoms with Crippen LogP contribution in [0, 0.1) is 0 Å². The van der Waals surface area contributed by atoms with Crippen LogP contribution in [0.5, 0.6) is 5.75 Å². The van der Waals surface area contributed by atoms with E-state index in [1.54, 1.807) is 0 Å². The lowest BCUT2D eigenvalue weighted by atomic mass is 9.86. The highest BCUT2D eigenvalue weighted by Crippen LogP contribution is 2.40. The third-order valence-electron chi connectivity index (χ3n) is 6.27. The summed E-state index contributed by atoms with van der Waals surface area (Å²) in [6, 6.07) is 6.01. The van der Waals surface area contributed by atoms with Gasteiger partial charge in [0.15, 0.2) is 0 Å². The molecule has 6 heteroatoms. The lowest BCUT2D eigenvalue weighted by Crippen LogP contribution is -2.50. The molecule has 0 spiro atoms. The Labute approximate surface area is 160 Å². The van der Waals surface area contributed by atoms with Gasteiger partial charge in [-0.3, -0.25) is 14.5 Å². The van der Waals surface area contributed by atoms with E-state index >= 15 is 0 Å². The van der Waals surface area contributed by atoms with Gasteiger partial charge in [-0.1, -0.05) is 26.0 Å². The van der Waals surface area contributed by atoms with E-state index in [4.69, 9.17) is 4.74 Å². The summed E-state index contributed by atoms with van der Waals surface area (Å²) >= 11 is 0. The molecular weight excluding hydrogens is 342 g/mol. The van der Waals surface area contributed by atoms with Gasteiger partial charge < -0.3 is 15.0 Å². The van der Waals surface area contributed by atoms with Crippen molar-refractivity contribution in [2.45, 2.75) is 50.6 Å². The minimum Gasteiger partial charge on any atom is -0.492 e.